The van der Waals surface area contributed by atoms with Crippen LogP contribution in [0.2, 0.25) is 0 Å². The molecule has 0 saturated heterocycles. The van der Waals surface area contributed by atoms with Crippen LogP contribution in [0.25, 0.3) is 22.5 Å². The molecule has 0 aliphatic heterocycles. The van der Waals surface area contributed by atoms with Crippen LogP contribution in [0.3, 0.4) is 0 Å². The van der Waals surface area contributed by atoms with Gasteiger partial charge < -0.3 is 9.72 Å². The number of nitrogens with zero attached hydrogens (tertiary/aromatic N) is 2. The number of H-pyrrole nitrogens is 2. The van der Waals surface area contributed by atoms with Crippen LogP contribution >= 0.6 is 0 Å². The van der Waals surface area contributed by atoms with E-state index in [9.17, 15) is 9.59 Å². The molecular formula is C25H26N4O4. The molecule has 2 heterocycles. The number of methoxy groups -OCH3 is 1. The smallest absolute Gasteiger partial charge is 0.377 e. The second kappa shape index (κ2) is 10.2. The highest BCUT2D eigenvalue weighted by Gasteiger charge is 2.14. The number of aromatic nitrogens is 4. The van der Waals surface area contributed by atoms with Crippen molar-refractivity contribution in [3.8, 4) is 22.5 Å². The Bertz CT molecular complexity index is 1340. The highest BCUT2D eigenvalue weighted by atomic mass is 16.5. The van der Waals surface area contributed by atoms with Crippen molar-refractivity contribution in [2.24, 2.45) is 0 Å². The molecule has 0 saturated carbocycles. The molecule has 0 atom stereocenters. The van der Waals surface area contributed by atoms with Crippen LogP contribution in [0.4, 0.5) is 0 Å². The number of hydrogen-bond acceptors (Lipinski definition) is 6. The summed E-state index contributed by atoms with van der Waals surface area (Å²) in [5, 5.41) is 3.81. The molecule has 0 amide bonds. The maximum absolute atomic E-state index is 12.8. The van der Waals surface area contributed by atoms with Gasteiger partial charge in [0.2, 0.25) is 0 Å². The summed E-state index contributed by atoms with van der Waals surface area (Å²) in [6.45, 7) is 2.40. The van der Waals surface area contributed by atoms with Gasteiger partial charge in [0, 0.05) is 24.7 Å². The molecule has 0 aliphatic rings. The minimum atomic E-state index is -0.593. The molecule has 2 aromatic carbocycles. The van der Waals surface area contributed by atoms with Crippen LogP contribution in [0.5, 0.6) is 0 Å². The van der Waals surface area contributed by atoms with Crippen molar-refractivity contribution in [1.82, 2.24) is 20.1 Å². The van der Waals surface area contributed by atoms with Gasteiger partial charge in [0.15, 0.2) is 5.82 Å². The topological polar surface area (TPSA) is 114 Å². The van der Waals surface area contributed by atoms with E-state index < -0.39 is 5.76 Å². The Labute approximate surface area is 190 Å². The van der Waals surface area contributed by atoms with Crippen molar-refractivity contribution in [1.29, 1.82) is 0 Å². The van der Waals surface area contributed by atoms with Crippen molar-refractivity contribution < 1.29 is 9.26 Å². The van der Waals surface area contributed by atoms with E-state index in [4.69, 9.17) is 4.74 Å². The van der Waals surface area contributed by atoms with Gasteiger partial charge in [0.25, 0.3) is 5.56 Å². The summed E-state index contributed by atoms with van der Waals surface area (Å²) < 4.78 is 9.80. The fourth-order valence-corrected chi connectivity index (χ4v) is 3.83. The second-order valence-electron chi connectivity index (χ2n) is 7.84. The van der Waals surface area contributed by atoms with E-state index in [0.717, 1.165) is 47.2 Å². The minimum absolute atomic E-state index is 0.118. The van der Waals surface area contributed by atoms with E-state index in [0.29, 0.717) is 23.6 Å². The van der Waals surface area contributed by atoms with E-state index in [1.165, 1.54) is 0 Å². The third-order valence-corrected chi connectivity index (χ3v) is 5.47. The number of unbranched alkanes of at least 4 members (excludes halogenated alkanes) is 1. The maximum atomic E-state index is 12.8. The van der Waals surface area contributed by atoms with Gasteiger partial charge in [-0.25, -0.2) is 9.78 Å². The van der Waals surface area contributed by atoms with Crippen LogP contribution in [-0.2, 0) is 24.2 Å². The lowest BCUT2D eigenvalue weighted by Gasteiger charge is -2.11. The summed E-state index contributed by atoms with van der Waals surface area (Å²) in [7, 11) is 1.58. The number of rotatable bonds is 9. The number of aromatic amines is 2. The maximum Gasteiger partial charge on any atom is 0.439 e. The van der Waals surface area contributed by atoms with Crippen LogP contribution in [-0.4, -0.2) is 27.2 Å². The molecule has 8 heteroatoms. The summed E-state index contributed by atoms with van der Waals surface area (Å²) in [5.74, 6) is 0.341. The average molecular weight is 447 g/mol. The predicted octanol–water partition coefficient (Wildman–Crippen LogP) is 3.86. The van der Waals surface area contributed by atoms with E-state index in [1.54, 1.807) is 7.11 Å². The molecule has 8 nitrogen and oxygen atoms in total. The fraction of sp³-hybridized carbons (Fsp3) is 0.280. The first-order valence-electron chi connectivity index (χ1n) is 10.9. The van der Waals surface area contributed by atoms with Crippen LogP contribution in [0, 0.1) is 0 Å². The molecule has 0 unspecified atom stereocenters. The molecular weight excluding hydrogens is 420 g/mol. The summed E-state index contributed by atoms with van der Waals surface area (Å²) in [5.41, 5.74) is 5.07. The van der Waals surface area contributed by atoms with Gasteiger partial charge >= 0.3 is 5.76 Å². The molecule has 0 radical (unpaired) electrons. The van der Waals surface area contributed by atoms with Gasteiger partial charge in [-0.05, 0) is 29.5 Å². The summed E-state index contributed by atoms with van der Waals surface area (Å²) in [4.78, 5) is 34.3. The minimum Gasteiger partial charge on any atom is -0.377 e. The molecule has 4 rings (SSSR count). The lowest BCUT2D eigenvalue weighted by atomic mass is 9.96. The standard InChI is InChI=1S/C25H26N4O4/c1-3-4-9-21-20(24(30)27-22(26-21)15-32-2)14-16-10-12-17(13-11-16)18-7-5-6-8-19(18)23-28-25(31)33-29-23/h5-8,10-13H,3-4,9,14-15H2,1-2H3,(H,26,27,30)(H,28,29,31). The number of ether oxygens (including phenoxy) is 1. The van der Waals surface area contributed by atoms with E-state index in [2.05, 4.69) is 31.6 Å². The largest absolute Gasteiger partial charge is 0.439 e. The molecule has 33 heavy (non-hydrogen) atoms. The Kier molecular flexibility index (Phi) is 6.95. The molecule has 0 bridgehead atoms. The van der Waals surface area contributed by atoms with E-state index in [1.807, 2.05) is 48.5 Å². The highest BCUT2D eigenvalue weighted by Crippen LogP contribution is 2.30. The van der Waals surface area contributed by atoms with Crippen molar-refractivity contribution in [3.63, 3.8) is 0 Å². The summed E-state index contributed by atoms with van der Waals surface area (Å²) in [6.07, 6.45) is 3.25. The number of nitrogens with one attached hydrogen (secondary N) is 2. The molecule has 170 valence electrons. The summed E-state index contributed by atoms with van der Waals surface area (Å²) >= 11 is 0. The highest BCUT2D eigenvalue weighted by molar-refractivity contribution is 5.80. The zero-order valence-corrected chi connectivity index (χ0v) is 18.7. The Morgan fingerprint density at radius 3 is 2.42 bits per heavy atom. The van der Waals surface area contributed by atoms with Crippen LogP contribution in [0.1, 0.15) is 42.4 Å². The average Bonchev–Trinajstić information content (AvgIpc) is 3.26. The van der Waals surface area contributed by atoms with Gasteiger partial charge in [-0.3, -0.25) is 14.3 Å². The van der Waals surface area contributed by atoms with Crippen molar-refractivity contribution in [3.05, 3.63) is 92.1 Å². The van der Waals surface area contributed by atoms with Gasteiger partial charge in [0.1, 0.15) is 12.4 Å². The van der Waals surface area contributed by atoms with Crippen molar-refractivity contribution >= 4 is 0 Å². The third kappa shape index (κ3) is 5.18. The van der Waals surface area contributed by atoms with E-state index >= 15 is 0 Å². The van der Waals surface area contributed by atoms with Crippen LogP contribution in [0.15, 0.2) is 62.6 Å². The molecule has 2 N–H and O–H groups in total. The first-order valence-corrected chi connectivity index (χ1v) is 10.9. The Morgan fingerprint density at radius 2 is 1.76 bits per heavy atom. The lowest BCUT2D eigenvalue weighted by molar-refractivity contribution is 0.177. The SMILES string of the molecule is CCCCc1nc(COC)[nH]c(=O)c1Cc1ccc(-c2ccccc2-c2noc(=O)[nH]2)cc1. The van der Waals surface area contributed by atoms with Crippen molar-refractivity contribution in [2.45, 2.75) is 39.2 Å². The number of benzene rings is 2. The molecule has 2 aromatic heterocycles. The third-order valence-electron chi connectivity index (χ3n) is 5.47. The Balaban J connectivity index is 1.63. The number of hydrogen-bond donors (Lipinski definition) is 2. The van der Waals surface area contributed by atoms with E-state index in [-0.39, 0.29) is 12.2 Å². The lowest BCUT2D eigenvalue weighted by Crippen LogP contribution is -2.21. The first kappa shape index (κ1) is 22.4. The monoisotopic (exact) mass is 446 g/mol. The Hall–Kier alpha value is -3.78. The fourth-order valence-electron chi connectivity index (χ4n) is 3.83. The van der Waals surface area contributed by atoms with Crippen molar-refractivity contribution in [2.75, 3.05) is 7.11 Å². The normalized spacial score (nSPS) is 11.1. The Morgan fingerprint density at radius 1 is 1.00 bits per heavy atom. The zero-order chi connectivity index (χ0) is 23.2. The van der Waals surface area contributed by atoms with Crippen LogP contribution < -0.4 is 11.3 Å². The van der Waals surface area contributed by atoms with Gasteiger partial charge in [-0.1, -0.05) is 67.0 Å². The van der Waals surface area contributed by atoms with Gasteiger partial charge in [0.05, 0.1) is 5.69 Å². The molecule has 4 aromatic rings. The second-order valence-corrected chi connectivity index (χ2v) is 7.84. The quantitative estimate of drug-likeness (QED) is 0.404. The molecule has 0 fully saturated rings. The molecule has 0 aliphatic carbocycles. The first-order chi connectivity index (χ1) is 16.1. The van der Waals surface area contributed by atoms with Gasteiger partial charge in [-0.2, -0.15) is 0 Å². The molecule has 0 spiro atoms. The number of aryl methyl sites for hydroxylation is 1. The predicted molar refractivity (Wildman–Crippen MR) is 125 cm³/mol. The zero-order valence-electron chi connectivity index (χ0n) is 18.7. The summed E-state index contributed by atoms with van der Waals surface area (Å²) in [6, 6.07) is 15.7. The van der Waals surface area contributed by atoms with Gasteiger partial charge in [-0.15, -0.1) is 0 Å².